The maximum absolute atomic E-state index is 13.3. The molecule has 0 spiro atoms. The van der Waals surface area contributed by atoms with E-state index in [9.17, 15) is 22.4 Å². The van der Waals surface area contributed by atoms with E-state index in [-0.39, 0.29) is 13.1 Å². The minimum atomic E-state index is -4.66. The van der Waals surface area contributed by atoms with Gasteiger partial charge in [0.1, 0.15) is 5.82 Å². The molecule has 0 aliphatic carbocycles. The Balaban J connectivity index is 2.87. The molecule has 0 fully saturated rings. The zero-order chi connectivity index (χ0) is 14.5. The van der Waals surface area contributed by atoms with Gasteiger partial charge in [-0.25, -0.2) is 4.39 Å². The van der Waals surface area contributed by atoms with Crippen molar-refractivity contribution in [3.05, 3.63) is 45.6 Å². The van der Waals surface area contributed by atoms with Crippen LogP contribution in [-0.2, 0) is 6.18 Å². The Bertz CT molecular complexity index is 523. The summed E-state index contributed by atoms with van der Waals surface area (Å²) in [4.78, 5) is 13.9. The molecule has 1 aromatic carbocycles. The summed E-state index contributed by atoms with van der Waals surface area (Å²) in [6.07, 6.45) is -4.66. The quantitative estimate of drug-likeness (QED) is 0.296. The smallest absolute Gasteiger partial charge is 0.352 e. The van der Waals surface area contributed by atoms with Crippen molar-refractivity contribution in [2.24, 2.45) is 5.11 Å². The fraction of sp³-hybridized carbons (Fsp3) is 0.300. The largest absolute Gasteiger partial charge is 0.416 e. The number of hydrogen-bond donors (Lipinski definition) is 1. The Labute approximate surface area is 104 Å². The molecule has 0 bridgehead atoms. The number of nitrogens with zero attached hydrogens (tertiary/aromatic N) is 3. The number of hydrogen-bond acceptors (Lipinski definition) is 2. The monoisotopic (exact) mass is 276 g/mol. The summed E-state index contributed by atoms with van der Waals surface area (Å²) in [6, 6.07) is 1.55. The van der Waals surface area contributed by atoms with Gasteiger partial charge in [0.25, 0.3) is 5.91 Å². The van der Waals surface area contributed by atoms with Gasteiger partial charge in [0.05, 0.1) is 11.1 Å². The van der Waals surface area contributed by atoms with E-state index in [0.717, 1.165) is 0 Å². The van der Waals surface area contributed by atoms with Gasteiger partial charge in [0.15, 0.2) is 0 Å². The fourth-order valence-electron chi connectivity index (χ4n) is 1.23. The molecule has 0 radical (unpaired) electrons. The van der Waals surface area contributed by atoms with E-state index in [0.29, 0.717) is 18.2 Å². The van der Waals surface area contributed by atoms with Crippen LogP contribution >= 0.6 is 0 Å². The van der Waals surface area contributed by atoms with Crippen LogP contribution in [0.25, 0.3) is 10.4 Å². The number of halogens is 4. The number of carbonyl (C=O) groups is 1. The summed E-state index contributed by atoms with van der Waals surface area (Å²) in [5.41, 5.74) is 6.15. The van der Waals surface area contributed by atoms with E-state index in [1.165, 1.54) is 0 Å². The van der Waals surface area contributed by atoms with E-state index in [4.69, 9.17) is 5.53 Å². The number of carbonyl (C=O) groups excluding carboxylic acids is 1. The molecule has 9 heteroatoms. The van der Waals surface area contributed by atoms with Crippen molar-refractivity contribution >= 4 is 5.91 Å². The van der Waals surface area contributed by atoms with Gasteiger partial charge in [-0.05, 0) is 23.7 Å². The van der Waals surface area contributed by atoms with E-state index < -0.39 is 29.0 Å². The second-order valence-corrected chi connectivity index (χ2v) is 3.40. The predicted octanol–water partition coefficient (Wildman–Crippen LogP) is 2.88. The highest BCUT2D eigenvalue weighted by Crippen LogP contribution is 2.30. The van der Waals surface area contributed by atoms with Crippen LogP contribution in [0.15, 0.2) is 23.3 Å². The third kappa shape index (κ3) is 4.14. The van der Waals surface area contributed by atoms with Gasteiger partial charge < -0.3 is 5.32 Å². The first kappa shape index (κ1) is 14.8. The number of azide groups is 1. The maximum Gasteiger partial charge on any atom is 0.416 e. The Hall–Kier alpha value is -2.28. The molecule has 0 saturated carbocycles. The molecule has 0 heterocycles. The van der Waals surface area contributed by atoms with E-state index in [2.05, 4.69) is 15.3 Å². The van der Waals surface area contributed by atoms with Crippen LogP contribution in [0.5, 0.6) is 0 Å². The van der Waals surface area contributed by atoms with Crippen molar-refractivity contribution in [3.63, 3.8) is 0 Å². The molecule has 0 atom stereocenters. The topological polar surface area (TPSA) is 77.9 Å². The lowest BCUT2D eigenvalue weighted by molar-refractivity contribution is -0.137. The van der Waals surface area contributed by atoms with Crippen molar-refractivity contribution in [2.45, 2.75) is 6.18 Å². The van der Waals surface area contributed by atoms with Crippen molar-refractivity contribution in [1.29, 1.82) is 0 Å². The highest BCUT2D eigenvalue weighted by Gasteiger charge is 2.31. The minimum Gasteiger partial charge on any atom is -0.352 e. The molecule has 1 amide bonds. The lowest BCUT2D eigenvalue weighted by Gasteiger charge is -2.09. The fourth-order valence-corrected chi connectivity index (χ4v) is 1.23. The summed E-state index contributed by atoms with van der Waals surface area (Å²) < 4.78 is 50.5. The second-order valence-electron chi connectivity index (χ2n) is 3.40. The number of benzene rings is 1. The van der Waals surface area contributed by atoms with Gasteiger partial charge in [-0.3, -0.25) is 4.79 Å². The molecule has 0 aliphatic heterocycles. The number of rotatable bonds is 4. The van der Waals surface area contributed by atoms with Crippen LogP contribution in [0.3, 0.4) is 0 Å². The van der Waals surface area contributed by atoms with Gasteiger partial charge in [-0.2, -0.15) is 13.2 Å². The van der Waals surface area contributed by atoms with Gasteiger partial charge >= 0.3 is 6.18 Å². The SMILES string of the molecule is [N-]=[N+]=NCCNC(=O)c1cc(C(F)(F)F)ccc1F. The maximum atomic E-state index is 13.3. The van der Waals surface area contributed by atoms with Crippen molar-refractivity contribution in [3.8, 4) is 0 Å². The van der Waals surface area contributed by atoms with Crippen molar-refractivity contribution < 1.29 is 22.4 Å². The molecule has 0 saturated heterocycles. The molecule has 19 heavy (non-hydrogen) atoms. The average molecular weight is 276 g/mol. The van der Waals surface area contributed by atoms with E-state index in [1.54, 1.807) is 0 Å². The first-order chi connectivity index (χ1) is 8.86. The Morgan fingerprint density at radius 3 is 2.68 bits per heavy atom. The lowest BCUT2D eigenvalue weighted by atomic mass is 10.1. The summed E-state index contributed by atoms with van der Waals surface area (Å²) in [6.45, 7) is -0.179. The number of amides is 1. The van der Waals surface area contributed by atoms with Gasteiger partial charge in [0, 0.05) is 18.0 Å². The zero-order valence-corrected chi connectivity index (χ0v) is 9.41. The number of nitrogens with one attached hydrogen (secondary N) is 1. The standard InChI is InChI=1S/C10H8F4N4O/c11-8-2-1-6(10(12,13)14)5-7(8)9(19)16-3-4-17-18-15/h1-2,5H,3-4H2,(H,16,19). The molecule has 1 rings (SSSR count). The van der Waals surface area contributed by atoms with E-state index >= 15 is 0 Å². The zero-order valence-electron chi connectivity index (χ0n) is 9.41. The first-order valence-electron chi connectivity index (χ1n) is 5.02. The third-order valence-corrected chi connectivity index (χ3v) is 2.10. The van der Waals surface area contributed by atoms with Gasteiger partial charge in [-0.1, -0.05) is 5.11 Å². The van der Waals surface area contributed by atoms with Crippen LogP contribution in [0.1, 0.15) is 15.9 Å². The van der Waals surface area contributed by atoms with Crippen LogP contribution in [-0.4, -0.2) is 19.0 Å². The summed E-state index contributed by atoms with van der Waals surface area (Å²) in [5, 5.41) is 5.25. The first-order valence-corrected chi connectivity index (χ1v) is 5.02. The highest BCUT2D eigenvalue weighted by atomic mass is 19.4. The third-order valence-electron chi connectivity index (χ3n) is 2.10. The molecule has 0 unspecified atom stereocenters. The molecule has 0 aliphatic rings. The highest BCUT2D eigenvalue weighted by molar-refractivity contribution is 5.94. The van der Waals surface area contributed by atoms with Gasteiger partial charge in [-0.15, -0.1) is 0 Å². The molecule has 5 nitrogen and oxygen atoms in total. The van der Waals surface area contributed by atoms with Crippen molar-refractivity contribution in [2.75, 3.05) is 13.1 Å². The van der Waals surface area contributed by atoms with Crippen LogP contribution in [0.4, 0.5) is 17.6 Å². The average Bonchev–Trinajstić information content (AvgIpc) is 2.33. The Kier molecular flexibility index (Phi) is 4.71. The number of alkyl halides is 3. The summed E-state index contributed by atoms with van der Waals surface area (Å²) in [7, 11) is 0. The summed E-state index contributed by atoms with van der Waals surface area (Å²) in [5.74, 6) is -2.06. The predicted molar refractivity (Wildman–Crippen MR) is 57.7 cm³/mol. The lowest BCUT2D eigenvalue weighted by Crippen LogP contribution is -2.27. The Morgan fingerprint density at radius 2 is 2.11 bits per heavy atom. The van der Waals surface area contributed by atoms with Gasteiger partial charge in [0.2, 0.25) is 0 Å². The van der Waals surface area contributed by atoms with E-state index in [1.807, 2.05) is 0 Å². The molecular formula is C10H8F4N4O. The van der Waals surface area contributed by atoms with Crippen LogP contribution < -0.4 is 5.32 Å². The molecule has 0 aromatic heterocycles. The summed E-state index contributed by atoms with van der Waals surface area (Å²) >= 11 is 0. The molecule has 1 N–H and O–H groups in total. The normalized spacial score (nSPS) is 10.7. The Morgan fingerprint density at radius 1 is 1.42 bits per heavy atom. The van der Waals surface area contributed by atoms with Crippen LogP contribution in [0, 0.1) is 5.82 Å². The molecule has 102 valence electrons. The second kappa shape index (κ2) is 6.05. The molecule has 1 aromatic rings. The van der Waals surface area contributed by atoms with Crippen molar-refractivity contribution in [1.82, 2.24) is 5.32 Å². The van der Waals surface area contributed by atoms with Crippen LogP contribution in [0.2, 0.25) is 0 Å². The minimum absolute atomic E-state index is 0.0805. The molecular weight excluding hydrogens is 268 g/mol.